The van der Waals surface area contributed by atoms with E-state index < -0.39 is 12.2 Å². The summed E-state index contributed by atoms with van der Waals surface area (Å²) in [6.07, 6.45) is 0.969. The van der Waals surface area contributed by atoms with Crippen LogP contribution in [0.4, 0.5) is 4.39 Å². The topological polar surface area (TPSA) is 60.8 Å². The molecule has 0 radical (unpaired) electrons. The van der Waals surface area contributed by atoms with Crippen molar-refractivity contribution in [3.8, 4) is 0 Å². The Labute approximate surface area is 136 Å². The van der Waals surface area contributed by atoms with E-state index in [1.807, 2.05) is 13.8 Å². The molecule has 1 saturated heterocycles. The third kappa shape index (κ3) is 4.75. The fourth-order valence-electron chi connectivity index (χ4n) is 3.02. The SMILES string of the molecule is CC(C)C(O)CC(=O)N1CCCC1CC(O)c1ccc(F)cc1. The van der Waals surface area contributed by atoms with Crippen LogP contribution in [0.1, 0.15) is 51.2 Å². The van der Waals surface area contributed by atoms with Gasteiger partial charge in [0.1, 0.15) is 5.82 Å². The maximum atomic E-state index is 13.0. The standard InChI is InChI=1S/C18H26FNO3/c1-12(2)16(21)11-18(23)20-9-3-4-15(20)10-17(22)13-5-7-14(19)8-6-13/h5-8,12,15-17,21-22H,3-4,9-11H2,1-2H3. The lowest BCUT2D eigenvalue weighted by atomic mass is 9.99. The highest BCUT2D eigenvalue weighted by atomic mass is 19.1. The Morgan fingerprint density at radius 3 is 2.57 bits per heavy atom. The molecule has 5 heteroatoms. The second kappa shape index (κ2) is 7.88. The summed E-state index contributed by atoms with van der Waals surface area (Å²) in [5, 5.41) is 20.2. The zero-order valence-electron chi connectivity index (χ0n) is 13.8. The number of rotatable bonds is 6. The molecule has 23 heavy (non-hydrogen) atoms. The number of aliphatic hydroxyl groups excluding tert-OH is 2. The Bertz CT molecular complexity index is 518. The second-order valence-corrected chi connectivity index (χ2v) is 6.70. The summed E-state index contributed by atoms with van der Waals surface area (Å²) >= 11 is 0. The number of likely N-dealkylation sites (tertiary alicyclic amines) is 1. The van der Waals surface area contributed by atoms with Gasteiger partial charge in [0.05, 0.1) is 18.6 Å². The van der Waals surface area contributed by atoms with E-state index in [9.17, 15) is 19.4 Å². The average molecular weight is 323 g/mol. The quantitative estimate of drug-likeness (QED) is 0.846. The van der Waals surface area contributed by atoms with Crippen molar-refractivity contribution in [2.24, 2.45) is 5.92 Å². The van der Waals surface area contributed by atoms with E-state index in [1.54, 1.807) is 17.0 Å². The fourth-order valence-corrected chi connectivity index (χ4v) is 3.02. The molecule has 1 aliphatic rings. The normalized spacial score (nSPS) is 20.8. The number of aliphatic hydroxyl groups is 2. The first-order valence-corrected chi connectivity index (χ1v) is 8.29. The summed E-state index contributed by atoms with van der Waals surface area (Å²) in [5.74, 6) is -0.342. The van der Waals surface area contributed by atoms with Crippen LogP contribution in [0.25, 0.3) is 0 Å². The molecule has 3 atom stereocenters. The third-order valence-corrected chi connectivity index (χ3v) is 4.60. The summed E-state index contributed by atoms with van der Waals surface area (Å²) in [4.78, 5) is 14.1. The van der Waals surface area contributed by atoms with Crippen LogP contribution in [0.5, 0.6) is 0 Å². The van der Waals surface area contributed by atoms with E-state index in [0.29, 0.717) is 18.5 Å². The summed E-state index contributed by atoms with van der Waals surface area (Å²) < 4.78 is 13.0. The molecular weight excluding hydrogens is 297 g/mol. The molecule has 1 aliphatic heterocycles. The Morgan fingerprint density at radius 1 is 1.30 bits per heavy atom. The molecule has 4 nitrogen and oxygen atoms in total. The maximum absolute atomic E-state index is 13.0. The van der Waals surface area contributed by atoms with E-state index in [1.165, 1.54) is 12.1 Å². The zero-order chi connectivity index (χ0) is 17.0. The highest BCUT2D eigenvalue weighted by Crippen LogP contribution is 2.28. The molecule has 2 N–H and O–H groups in total. The Kier molecular flexibility index (Phi) is 6.13. The molecule has 0 spiro atoms. The smallest absolute Gasteiger partial charge is 0.225 e. The van der Waals surface area contributed by atoms with Gasteiger partial charge in [0.2, 0.25) is 5.91 Å². The molecule has 0 aromatic heterocycles. The Hall–Kier alpha value is -1.46. The number of carbonyl (C=O) groups is 1. The van der Waals surface area contributed by atoms with Crippen LogP contribution < -0.4 is 0 Å². The lowest BCUT2D eigenvalue weighted by Crippen LogP contribution is -2.38. The number of halogens is 1. The van der Waals surface area contributed by atoms with Crippen molar-refractivity contribution in [3.63, 3.8) is 0 Å². The monoisotopic (exact) mass is 323 g/mol. The van der Waals surface area contributed by atoms with Gasteiger partial charge in [-0.05, 0) is 42.9 Å². The molecule has 128 valence electrons. The highest BCUT2D eigenvalue weighted by molar-refractivity contribution is 5.77. The van der Waals surface area contributed by atoms with Gasteiger partial charge in [-0.3, -0.25) is 4.79 Å². The van der Waals surface area contributed by atoms with Crippen LogP contribution in [0.2, 0.25) is 0 Å². The summed E-state index contributed by atoms with van der Waals surface area (Å²) in [6.45, 7) is 4.44. The Balaban J connectivity index is 1.95. The maximum Gasteiger partial charge on any atom is 0.225 e. The number of nitrogens with zero attached hydrogens (tertiary/aromatic N) is 1. The fraction of sp³-hybridized carbons (Fsp3) is 0.611. The van der Waals surface area contributed by atoms with E-state index >= 15 is 0 Å². The molecule has 3 unspecified atom stereocenters. The summed E-state index contributed by atoms with van der Waals surface area (Å²) in [6, 6.07) is 5.78. The molecule has 1 aromatic carbocycles. The minimum absolute atomic E-state index is 0.0260. The number of hydrogen-bond acceptors (Lipinski definition) is 3. The van der Waals surface area contributed by atoms with Gasteiger partial charge in [-0.15, -0.1) is 0 Å². The van der Waals surface area contributed by atoms with Crippen LogP contribution >= 0.6 is 0 Å². The van der Waals surface area contributed by atoms with Crippen molar-refractivity contribution in [3.05, 3.63) is 35.6 Å². The van der Waals surface area contributed by atoms with Gasteiger partial charge in [0.25, 0.3) is 0 Å². The predicted octanol–water partition coefficient (Wildman–Crippen LogP) is 2.65. The highest BCUT2D eigenvalue weighted by Gasteiger charge is 2.31. The number of amides is 1. The molecule has 0 saturated carbocycles. The molecule has 1 heterocycles. The first-order chi connectivity index (χ1) is 10.9. The summed E-state index contributed by atoms with van der Waals surface area (Å²) in [7, 11) is 0. The lowest BCUT2D eigenvalue weighted by Gasteiger charge is -2.28. The van der Waals surface area contributed by atoms with Gasteiger partial charge in [-0.1, -0.05) is 26.0 Å². The number of benzene rings is 1. The number of hydrogen-bond donors (Lipinski definition) is 2. The van der Waals surface area contributed by atoms with Gasteiger partial charge in [-0.2, -0.15) is 0 Å². The molecule has 1 aromatic rings. The van der Waals surface area contributed by atoms with E-state index in [-0.39, 0.29) is 30.1 Å². The van der Waals surface area contributed by atoms with Crippen molar-refractivity contribution in [2.45, 2.75) is 57.8 Å². The van der Waals surface area contributed by atoms with Gasteiger partial charge in [0.15, 0.2) is 0 Å². The molecule has 2 rings (SSSR count). The van der Waals surface area contributed by atoms with E-state index in [4.69, 9.17) is 0 Å². The van der Waals surface area contributed by atoms with Crippen molar-refractivity contribution in [1.29, 1.82) is 0 Å². The van der Waals surface area contributed by atoms with Gasteiger partial charge < -0.3 is 15.1 Å². The number of carbonyl (C=O) groups excluding carboxylic acids is 1. The minimum Gasteiger partial charge on any atom is -0.392 e. The van der Waals surface area contributed by atoms with E-state index in [0.717, 1.165) is 12.8 Å². The van der Waals surface area contributed by atoms with Crippen LogP contribution in [0.3, 0.4) is 0 Å². The van der Waals surface area contributed by atoms with Crippen LogP contribution in [0.15, 0.2) is 24.3 Å². The first-order valence-electron chi connectivity index (χ1n) is 8.29. The lowest BCUT2D eigenvalue weighted by molar-refractivity contribution is -0.135. The molecule has 1 fully saturated rings. The zero-order valence-corrected chi connectivity index (χ0v) is 13.8. The van der Waals surface area contributed by atoms with Gasteiger partial charge in [0, 0.05) is 12.6 Å². The van der Waals surface area contributed by atoms with Crippen molar-refractivity contribution >= 4 is 5.91 Å². The van der Waals surface area contributed by atoms with Crippen LogP contribution in [-0.2, 0) is 4.79 Å². The van der Waals surface area contributed by atoms with E-state index in [2.05, 4.69) is 0 Å². The van der Waals surface area contributed by atoms with Crippen molar-refractivity contribution in [2.75, 3.05) is 6.54 Å². The third-order valence-electron chi connectivity index (χ3n) is 4.60. The molecule has 0 aliphatic carbocycles. The first kappa shape index (κ1) is 17.9. The van der Waals surface area contributed by atoms with Crippen LogP contribution in [0, 0.1) is 11.7 Å². The van der Waals surface area contributed by atoms with Gasteiger partial charge >= 0.3 is 0 Å². The van der Waals surface area contributed by atoms with Gasteiger partial charge in [-0.25, -0.2) is 4.39 Å². The predicted molar refractivity (Wildman–Crippen MR) is 86.2 cm³/mol. The molecular formula is C18H26FNO3. The molecule has 1 amide bonds. The van der Waals surface area contributed by atoms with Crippen LogP contribution in [-0.4, -0.2) is 39.7 Å². The minimum atomic E-state index is -0.718. The second-order valence-electron chi connectivity index (χ2n) is 6.70. The largest absolute Gasteiger partial charge is 0.392 e. The summed E-state index contributed by atoms with van der Waals surface area (Å²) in [5.41, 5.74) is 0.660. The average Bonchev–Trinajstić information content (AvgIpc) is 2.95. The molecule has 0 bridgehead atoms. The van der Waals surface area contributed by atoms with Crippen molar-refractivity contribution < 1.29 is 19.4 Å². The Morgan fingerprint density at radius 2 is 1.96 bits per heavy atom. The van der Waals surface area contributed by atoms with Crippen molar-refractivity contribution in [1.82, 2.24) is 4.90 Å².